The Hall–Kier alpha value is -2.89. The van der Waals surface area contributed by atoms with E-state index in [1.807, 2.05) is 18.2 Å². The highest BCUT2D eigenvalue weighted by Gasteiger charge is 2.57. The number of carbonyl (C=O) groups is 2. The first-order valence-corrected chi connectivity index (χ1v) is 10.2. The van der Waals surface area contributed by atoms with Crippen molar-refractivity contribution in [2.75, 3.05) is 0 Å². The average Bonchev–Trinajstić information content (AvgIpc) is 2.73. The second-order valence-electron chi connectivity index (χ2n) is 8.37. The summed E-state index contributed by atoms with van der Waals surface area (Å²) < 4.78 is 19.4. The SMILES string of the molecule is O=C1NC2(CC3CCC2CC3C(=O)NCc2ccc(F)cc2)Oc2ccccc21. The molecule has 1 heterocycles. The molecule has 2 N–H and O–H groups in total. The summed E-state index contributed by atoms with van der Waals surface area (Å²) in [5, 5.41) is 6.11. The fourth-order valence-corrected chi connectivity index (χ4v) is 5.20. The van der Waals surface area contributed by atoms with E-state index in [1.54, 1.807) is 18.2 Å². The highest BCUT2D eigenvalue weighted by Crippen LogP contribution is 2.52. The number of halogens is 1. The molecule has 6 heteroatoms. The van der Waals surface area contributed by atoms with E-state index in [0.717, 1.165) is 18.4 Å². The molecule has 0 saturated heterocycles. The Morgan fingerprint density at radius 2 is 1.97 bits per heavy atom. The van der Waals surface area contributed by atoms with Gasteiger partial charge in [-0.25, -0.2) is 4.39 Å². The van der Waals surface area contributed by atoms with Gasteiger partial charge in [0, 0.05) is 24.8 Å². The summed E-state index contributed by atoms with van der Waals surface area (Å²) in [4.78, 5) is 25.5. The van der Waals surface area contributed by atoms with E-state index in [9.17, 15) is 14.0 Å². The van der Waals surface area contributed by atoms with Crippen molar-refractivity contribution in [3.05, 3.63) is 65.5 Å². The van der Waals surface area contributed by atoms with Crippen molar-refractivity contribution >= 4 is 11.8 Å². The maximum atomic E-state index is 13.0. The van der Waals surface area contributed by atoms with Crippen LogP contribution >= 0.6 is 0 Å². The third-order valence-corrected chi connectivity index (χ3v) is 6.68. The highest BCUT2D eigenvalue weighted by atomic mass is 19.1. The lowest BCUT2D eigenvalue weighted by atomic mass is 9.60. The van der Waals surface area contributed by atoms with E-state index in [2.05, 4.69) is 10.6 Å². The number of para-hydroxylation sites is 1. The van der Waals surface area contributed by atoms with Gasteiger partial charge in [-0.1, -0.05) is 24.3 Å². The van der Waals surface area contributed by atoms with Crippen LogP contribution < -0.4 is 15.4 Å². The van der Waals surface area contributed by atoms with Gasteiger partial charge in [-0.2, -0.15) is 0 Å². The fourth-order valence-electron chi connectivity index (χ4n) is 5.20. The van der Waals surface area contributed by atoms with Crippen LogP contribution in [0.4, 0.5) is 4.39 Å². The van der Waals surface area contributed by atoms with Gasteiger partial charge in [-0.15, -0.1) is 0 Å². The average molecular weight is 394 g/mol. The van der Waals surface area contributed by atoms with Crippen LogP contribution in [-0.4, -0.2) is 17.5 Å². The van der Waals surface area contributed by atoms with Gasteiger partial charge in [0.1, 0.15) is 11.6 Å². The monoisotopic (exact) mass is 394 g/mol. The van der Waals surface area contributed by atoms with Gasteiger partial charge >= 0.3 is 0 Å². The molecule has 2 aromatic carbocycles. The van der Waals surface area contributed by atoms with Crippen LogP contribution in [0.1, 0.15) is 41.6 Å². The van der Waals surface area contributed by atoms with Gasteiger partial charge in [-0.05, 0) is 55.0 Å². The maximum absolute atomic E-state index is 13.0. The fraction of sp³-hybridized carbons (Fsp3) is 0.391. The van der Waals surface area contributed by atoms with Crippen LogP contribution in [0.25, 0.3) is 0 Å². The summed E-state index contributed by atoms with van der Waals surface area (Å²) in [7, 11) is 0. The minimum Gasteiger partial charge on any atom is -0.467 e. The quantitative estimate of drug-likeness (QED) is 0.839. The van der Waals surface area contributed by atoms with Crippen molar-refractivity contribution in [2.45, 2.75) is 38.0 Å². The largest absolute Gasteiger partial charge is 0.467 e. The number of nitrogens with one attached hydrogen (secondary N) is 2. The molecule has 4 unspecified atom stereocenters. The minimum absolute atomic E-state index is 0.0291. The maximum Gasteiger partial charge on any atom is 0.258 e. The molecule has 2 bridgehead atoms. The summed E-state index contributed by atoms with van der Waals surface area (Å²) in [6.07, 6.45) is 3.24. The Balaban J connectivity index is 1.28. The van der Waals surface area contributed by atoms with Crippen molar-refractivity contribution in [1.82, 2.24) is 10.6 Å². The smallest absolute Gasteiger partial charge is 0.258 e. The van der Waals surface area contributed by atoms with Crippen molar-refractivity contribution in [3.63, 3.8) is 0 Å². The molecule has 3 fully saturated rings. The number of amides is 2. The van der Waals surface area contributed by atoms with E-state index < -0.39 is 5.72 Å². The number of carbonyl (C=O) groups excluding carboxylic acids is 2. The first-order chi connectivity index (χ1) is 14.0. The lowest BCUT2D eigenvalue weighted by molar-refractivity contribution is -0.146. The van der Waals surface area contributed by atoms with Gasteiger partial charge < -0.3 is 15.4 Å². The number of hydrogen-bond acceptors (Lipinski definition) is 3. The minimum atomic E-state index is -0.706. The Labute approximate surface area is 168 Å². The predicted molar refractivity (Wildman–Crippen MR) is 104 cm³/mol. The van der Waals surface area contributed by atoms with E-state index in [0.29, 0.717) is 30.7 Å². The Morgan fingerprint density at radius 1 is 1.17 bits per heavy atom. The first kappa shape index (κ1) is 18.2. The molecular formula is C23H23FN2O3. The molecule has 1 aliphatic heterocycles. The Bertz CT molecular complexity index is 961. The molecule has 150 valence electrons. The number of ether oxygens (including phenoxy) is 1. The van der Waals surface area contributed by atoms with E-state index in [-0.39, 0.29) is 35.4 Å². The number of benzene rings is 2. The van der Waals surface area contributed by atoms with Crippen molar-refractivity contribution in [3.8, 4) is 5.75 Å². The van der Waals surface area contributed by atoms with E-state index in [1.165, 1.54) is 12.1 Å². The predicted octanol–water partition coefficient (Wildman–Crippen LogP) is 3.40. The normalized spacial score (nSPS) is 29.7. The molecule has 3 aliphatic carbocycles. The first-order valence-electron chi connectivity index (χ1n) is 10.2. The van der Waals surface area contributed by atoms with E-state index >= 15 is 0 Å². The molecule has 4 atom stereocenters. The Kier molecular flexibility index (Phi) is 4.30. The summed E-state index contributed by atoms with van der Waals surface area (Å²) in [5.41, 5.74) is 0.729. The topological polar surface area (TPSA) is 67.4 Å². The van der Waals surface area contributed by atoms with Crippen LogP contribution in [0.2, 0.25) is 0 Å². The summed E-state index contributed by atoms with van der Waals surface area (Å²) in [5.74, 6) is 0.452. The highest BCUT2D eigenvalue weighted by molar-refractivity contribution is 5.98. The number of fused-ring (bicyclic) bond motifs is 3. The van der Waals surface area contributed by atoms with Gasteiger partial charge in [0.25, 0.3) is 5.91 Å². The molecule has 0 aromatic heterocycles. The van der Waals surface area contributed by atoms with Crippen molar-refractivity contribution in [2.24, 2.45) is 17.8 Å². The molecule has 0 radical (unpaired) electrons. The lowest BCUT2D eigenvalue weighted by Gasteiger charge is -2.55. The third kappa shape index (κ3) is 3.16. The lowest BCUT2D eigenvalue weighted by Crippen LogP contribution is -2.66. The van der Waals surface area contributed by atoms with Gasteiger partial charge in [0.05, 0.1) is 5.56 Å². The van der Waals surface area contributed by atoms with Gasteiger partial charge in [-0.3, -0.25) is 9.59 Å². The van der Waals surface area contributed by atoms with Crippen LogP contribution in [0.5, 0.6) is 5.75 Å². The standard InChI is InChI=1S/C23H23FN2O3/c24-17-9-5-14(6-10-17)13-25-21(27)19-11-16-8-7-15(19)12-23(16)26-22(28)18-3-1-2-4-20(18)29-23/h1-6,9-10,15-16,19H,7-8,11-13H2,(H,25,27)(H,26,28). The molecule has 3 saturated carbocycles. The molecule has 6 rings (SSSR count). The van der Waals surface area contributed by atoms with Crippen molar-refractivity contribution in [1.29, 1.82) is 0 Å². The van der Waals surface area contributed by atoms with Gasteiger partial charge in [0.2, 0.25) is 5.91 Å². The van der Waals surface area contributed by atoms with Crippen LogP contribution in [0.3, 0.4) is 0 Å². The summed E-state index contributed by atoms with van der Waals surface area (Å²) in [6, 6.07) is 13.5. The second kappa shape index (κ2) is 6.87. The van der Waals surface area contributed by atoms with Crippen molar-refractivity contribution < 1.29 is 18.7 Å². The number of hydrogen-bond donors (Lipinski definition) is 2. The zero-order valence-electron chi connectivity index (χ0n) is 16.0. The van der Waals surface area contributed by atoms with Crippen LogP contribution in [0, 0.1) is 23.6 Å². The molecule has 5 nitrogen and oxygen atoms in total. The number of rotatable bonds is 3. The van der Waals surface area contributed by atoms with Crippen LogP contribution in [-0.2, 0) is 11.3 Å². The molecule has 1 spiro atoms. The summed E-state index contributed by atoms with van der Waals surface area (Å²) in [6.45, 7) is 0.388. The van der Waals surface area contributed by atoms with Gasteiger partial charge in [0.15, 0.2) is 5.72 Å². The molecule has 4 aliphatic rings. The zero-order chi connectivity index (χ0) is 20.0. The molecule has 29 heavy (non-hydrogen) atoms. The van der Waals surface area contributed by atoms with Crippen LogP contribution in [0.15, 0.2) is 48.5 Å². The Morgan fingerprint density at radius 3 is 2.72 bits per heavy atom. The summed E-state index contributed by atoms with van der Waals surface area (Å²) >= 11 is 0. The second-order valence-corrected chi connectivity index (χ2v) is 8.37. The molecular weight excluding hydrogens is 371 g/mol. The third-order valence-electron chi connectivity index (χ3n) is 6.68. The molecule has 2 aromatic rings. The van der Waals surface area contributed by atoms with E-state index in [4.69, 9.17) is 4.74 Å². The zero-order valence-corrected chi connectivity index (χ0v) is 16.0. The molecule has 2 amide bonds.